The zero-order valence-electron chi connectivity index (χ0n) is 11.6. The summed E-state index contributed by atoms with van der Waals surface area (Å²) in [7, 11) is 2.14. The molecule has 3 heteroatoms. The van der Waals surface area contributed by atoms with Crippen molar-refractivity contribution in [3.63, 3.8) is 0 Å². The maximum atomic E-state index is 5.36. The molecule has 1 rings (SSSR count). The summed E-state index contributed by atoms with van der Waals surface area (Å²) in [4.78, 5) is 2.31. The second-order valence-electron chi connectivity index (χ2n) is 4.77. The van der Waals surface area contributed by atoms with Crippen LogP contribution in [-0.2, 0) is 6.54 Å². The Hall–Kier alpha value is -0.800. The number of nitrogens with one attached hydrogen (secondary N) is 1. The lowest BCUT2D eigenvalue weighted by Crippen LogP contribution is -2.41. The van der Waals surface area contributed by atoms with Gasteiger partial charge in [-0.2, -0.15) is 0 Å². The zero-order valence-corrected chi connectivity index (χ0v) is 11.6. The Morgan fingerprint density at radius 1 is 1.35 bits per heavy atom. The van der Waals surface area contributed by atoms with Crippen molar-refractivity contribution in [1.82, 2.24) is 10.2 Å². The van der Waals surface area contributed by atoms with Gasteiger partial charge in [0.2, 0.25) is 0 Å². The SMILES string of the molecule is CCC(CC)NCC(C)N(C)Cc1ccco1. The molecule has 1 N–H and O–H groups in total. The second-order valence-corrected chi connectivity index (χ2v) is 4.77. The van der Waals surface area contributed by atoms with Crippen molar-refractivity contribution in [2.45, 2.75) is 52.2 Å². The van der Waals surface area contributed by atoms with Crippen LogP contribution < -0.4 is 5.32 Å². The van der Waals surface area contributed by atoms with Gasteiger partial charge in [0.1, 0.15) is 5.76 Å². The number of hydrogen-bond acceptors (Lipinski definition) is 3. The summed E-state index contributed by atoms with van der Waals surface area (Å²) in [5, 5.41) is 3.61. The van der Waals surface area contributed by atoms with E-state index >= 15 is 0 Å². The molecular formula is C14H26N2O. The van der Waals surface area contributed by atoms with Crippen molar-refractivity contribution < 1.29 is 4.42 Å². The number of furan rings is 1. The van der Waals surface area contributed by atoms with E-state index < -0.39 is 0 Å². The van der Waals surface area contributed by atoms with Gasteiger partial charge in [-0.25, -0.2) is 0 Å². The van der Waals surface area contributed by atoms with Gasteiger partial charge in [-0.15, -0.1) is 0 Å². The van der Waals surface area contributed by atoms with Gasteiger partial charge in [-0.05, 0) is 38.9 Å². The Bertz CT molecular complexity index is 280. The maximum absolute atomic E-state index is 5.36. The van der Waals surface area contributed by atoms with Crippen molar-refractivity contribution in [2.24, 2.45) is 0 Å². The largest absolute Gasteiger partial charge is 0.468 e. The maximum Gasteiger partial charge on any atom is 0.117 e. The molecule has 1 atom stereocenters. The van der Waals surface area contributed by atoms with Crippen LogP contribution in [0.25, 0.3) is 0 Å². The van der Waals surface area contributed by atoms with Crippen molar-refractivity contribution in [2.75, 3.05) is 13.6 Å². The Kier molecular flexibility index (Phi) is 6.30. The molecule has 17 heavy (non-hydrogen) atoms. The molecule has 0 aliphatic heterocycles. The molecule has 0 spiro atoms. The van der Waals surface area contributed by atoms with Crippen LogP contribution in [0, 0.1) is 0 Å². The molecule has 98 valence electrons. The lowest BCUT2D eigenvalue weighted by Gasteiger charge is -2.26. The van der Waals surface area contributed by atoms with E-state index in [1.54, 1.807) is 6.26 Å². The molecule has 1 aromatic rings. The molecule has 0 saturated carbocycles. The Balaban J connectivity index is 2.29. The van der Waals surface area contributed by atoms with Crippen LogP contribution in [0.5, 0.6) is 0 Å². The Morgan fingerprint density at radius 3 is 2.59 bits per heavy atom. The standard InChI is InChI=1S/C14H26N2O/c1-5-13(6-2)15-10-12(3)16(4)11-14-8-7-9-17-14/h7-9,12-13,15H,5-6,10-11H2,1-4H3. The smallest absolute Gasteiger partial charge is 0.117 e. The quantitative estimate of drug-likeness (QED) is 0.755. The lowest BCUT2D eigenvalue weighted by atomic mass is 10.1. The average Bonchev–Trinajstić information content (AvgIpc) is 2.82. The summed E-state index contributed by atoms with van der Waals surface area (Å²) < 4.78 is 5.36. The van der Waals surface area contributed by atoms with E-state index in [-0.39, 0.29) is 0 Å². The first kappa shape index (κ1) is 14.3. The third-order valence-corrected chi connectivity index (χ3v) is 3.43. The van der Waals surface area contributed by atoms with Gasteiger partial charge in [-0.1, -0.05) is 13.8 Å². The zero-order chi connectivity index (χ0) is 12.7. The molecule has 1 heterocycles. The van der Waals surface area contributed by atoms with E-state index in [2.05, 4.69) is 38.0 Å². The average molecular weight is 238 g/mol. The van der Waals surface area contributed by atoms with E-state index in [0.29, 0.717) is 12.1 Å². The first-order valence-corrected chi connectivity index (χ1v) is 6.63. The van der Waals surface area contributed by atoms with Gasteiger partial charge in [0.25, 0.3) is 0 Å². The molecule has 1 aromatic heterocycles. The highest BCUT2D eigenvalue weighted by molar-refractivity contribution is 4.98. The van der Waals surface area contributed by atoms with E-state index in [4.69, 9.17) is 4.42 Å². The van der Waals surface area contributed by atoms with Crippen LogP contribution in [0.3, 0.4) is 0 Å². The second kappa shape index (κ2) is 7.51. The molecule has 0 amide bonds. The van der Waals surface area contributed by atoms with E-state index in [1.165, 1.54) is 12.8 Å². The van der Waals surface area contributed by atoms with Crippen LogP contribution >= 0.6 is 0 Å². The topological polar surface area (TPSA) is 28.4 Å². The first-order valence-electron chi connectivity index (χ1n) is 6.63. The monoisotopic (exact) mass is 238 g/mol. The third-order valence-electron chi connectivity index (χ3n) is 3.43. The van der Waals surface area contributed by atoms with Gasteiger partial charge in [0, 0.05) is 18.6 Å². The molecule has 0 bridgehead atoms. The Labute approximate surface area is 105 Å². The van der Waals surface area contributed by atoms with E-state index in [9.17, 15) is 0 Å². The highest BCUT2D eigenvalue weighted by Gasteiger charge is 2.12. The minimum atomic E-state index is 0.515. The summed E-state index contributed by atoms with van der Waals surface area (Å²) in [5.74, 6) is 1.03. The number of likely N-dealkylation sites (N-methyl/N-ethyl adjacent to an activating group) is 1. The van der Waals surface area contributed by atoms with Gasteiger partial charge in [-0.3, -0.25) is 4.90 Å². The minimum absolute atomic E-state index is 0.515. The minimum Gasteiger partial charge on any atom is -0.468 e. The van der Waals surface area contributed by atoms with E-state index in [0.717, 1.165) is 18.8 Å². The Morgan fingerprint density at radius 2 is 2.06 bits per heavy atom. The molecule has 0 aliphatic rings. The molecule has 0 aromatic carbocycles. The fraction of sp³-hybridized carbons (Fsp3) is 0.714. The molecule has 3 nitrogen and oxygen atoms in total. The summed E-state index contributed by atoms with van der Waals surface area (Å²) >= 11 is 0. The molecule has 0 aliphatic carbocycles. The van der Waals surface area contributed by atoms with E-state index in [1.807, 2.05) is 12.1 Å². The van der Waals surface area contributed by atoms with Crippen molar-refractivity contribution in [3.8, 4) is 0 Å². The van der Waals surface area contributed by atoms with Crippen LogP contribution in [-0.4, -0.2) is 30.6 Å². The number of rotatable bonds is 8. The summed E-state index contributed by atoms with van der Waals surface area (Å²) in [6, 6.07) is 5.13. The lowest BCUT2D eigenvalue weighted by molar-refractivity contribution is 0.219. The summed E-state index contributed by atoms with van der Waals surface area (Å²) in [6.45, 7) is 8.62. The third kappa shape index (κ3) is 4.92. The molecular weight excluding hydrogens is 212 g/mol. The molecule has 0 radical (unpaired) electrons. The van der Waals surface area contributed by atoms with Gasteiger partial charge in [0.05, 0.1) is 12.8 Å². The number of hydrogen-bond donors (Lipinski definition) is 1. The van der Waals surface area contributed by atoms with Gasteiger partial charge in [0.15, 0.2) is 0 Å². The summed E-state index contributed by atoms with van der Waals surface area (Å²) in [6.07, 6.45) is 4.13. The highest BCUT2D eigenvalue weighted by atomic mass is 16.3. The van der Waals surface area contributed by atoms with Crippen LogP contribution in [0.15, 0.2) is 22.8 Å². The van der Waals surface area contributed by atoms with Crippen LogP contribution in [0.1, 0.15) is 39.4 Å². The molecule has 0 fully saturated rings. The van der Waals surface area contributed by atoms with Crippen molar-refractivity contribution in [3.05, 3.63) is 24.2 Å². The molecule has 1 unspecified atom stereocenters. The fourth-order valence-electron chi connectivity index (χ4n) is 1.87. The summed E-state index contributed by atoms with van der Waals surface area (Å²) in [5.41, 5.74) is 0. The van der Waals surface area contributed by atoms with Crippen LogP contribution in [0.2, 0.25) is 0 Å². The highest BCUT2D eigenvalue weighted by Crippen LogP contribution is 2.07. The van der Waals surface area contributed by atoms with Crippen molar-refractivity contribution in [1.29, 1.82) is 0 Å². The first-order chi connectivity index (χ1) is 8.17. The number of nitrogens with zero attached hydrogens (tertiary/aromatic N) is 1. The molecule has 0 saturated heterocycles. The van der Waals surface area contributed by atoms with Crippen molar-refractivity contribution >= 4 is 0 Å². The van der Waals surface area contributed by atoms with Gasteiger partial charge < -0.3 is 9.73 Å². The predicted molar refractivity (Wildman–Crippen MR) is 72.0 cm³/mol. The normalized spacial score (nSPS) is 13.5. The van der Waals surface area contributed by atoms with Crippen LogP contribution in [0.4, 0.5) is 0 Å². The van der Waals surface area contributed by atoms with Gasteiger partial charge >= 0.3 is 0 Å². The predicted octanol–water partition coefficient (Wildman–Crippen LogP) is 2.88. The fourth-order valence-corrected chi connectivity index (χ4v) is 1.87.